The van der Waals surface area contributed by atoms with Crippen molar-refractivity contribution in [2.75, 3.05) is 18.5 Å². The molecule has 30 heavy (non-hydrogen) atoms. The molecule has 1 aromatic carbocycles. The van der Waals surface area contributed by atoms with Crippen LogP contribution in [0.1, 0.15) is 36.7 Å². The molecule has 0 saturated heterocycles. The second-order valence-corrected chi connectivity index (χ2v) is 8.19. The number of hydroxylamine groups is 1. The number of carbonyl (C=O) groups is 1. The molecule has 164 valence electrons. The van der Waals surface area contributed by atoms with Crippen molar-refractivity contribution in [2.24, 2.45) is 14.1 Å². The zero-order chi connectivity index (χ0) is 22.6. The van der Waals surface area contributed by atoms with Crippen molar-refractivity contribution in [3.8, 4) is 0 Å². The number of rotatable bonds is 7. The smallest absolute Gasteiger partial charge is 0.332 e. The van der Waals surface area contributed by atoms with Crippen molar-refractivity contribution < 1.29 is 14.4 Å². The van der Waals surface area contributed by atoms with Gasteiger partial charge in [-0.25, -0.2) is 10.3 Å². The van der Waals surface area contributed by atoms with E-state index in [-0.39, 0.29) is 30.2 Å². The van der Waals surface area contributed by atoms with Crippen LogP contribution in [0.4, 0.5) is 11.5 Å². The van der Waals surface area contributed by atoms with Crippen LogP contribution in [0.25, 0.3) is 0 Å². The van der Waals surface area contributed by atoms with Crippen LogP contribution < -0.4 is 22.0 Å². The highest BCUT2D eigenvalue weighted by Crippen LogP contribution is 2.26. The van der Waals surface area contributed by atoms with E-state index in [2.05, 4.69) is 10.8 Å². The summed E-state index contributed by atoms with van der Waals surface area (Å²) < 4.78 is 7.51. The van der Waals surface area contributed by atoms with Gasteiger partial charge in [0, 0.05) is 14.1 Å². The van der Waals surface area contributed by atoms with Gasteiger partial charge in [0.05, 0.1) is 29.5 Å². The van der Waals surface area contributed by atoms with Gasteiger partial charge in [-0.15, -0.1) is 0 Å². The zero-order valence-electron chi connectivity index (χ0n) is 18.0. The van der Waals surface area contributed by atoms with E-state index < -0.39 is 17.2 Å². The molecule has 0 bridgehead atoms. The third-order valence-electron chi connectivity index (χ3n) is 4.15. The number of hydrogen-bond donors (Lipinski definition) is 2. The lowest BCUT2D eigenvalue weighted by Crippen LogP contribution is -2.43. The number of anilines is 2. The van der Waals surface area contributed by atoms with Gasteiger partial charge in [-0.05, 0) is 45.4 Å². The second kappa shape index (κ2) is 9.46. The lowest BCUT2D eigenvalue weighted by atomic mass is 10.2. The largest absolute Gasteiger partial charge is 0.373 e. The lowest BCUT2D eigenvalue weighted by molar-refractivity contribution is -0.0511. The summed E-state index contributed by atoms with van der Waals surface area (Å²) in [6, 6.07) is 5.23. The van der Waals surface area contributed by atoms with Gasteiger partial charge in [0.1, 0.15) is 11.4 Å². The van der Waals surface area contributed by atoms with Gasteiger partial charge in [-0.2, -0.15) is 0 Å². The number of aromatic nitrogens is 2. The van der Waals surface area contributed by atoms with Crippen LogP contribution >= 0.6 is 11.6 Å². The molecule has 1 heterocycles. The molecule has 0 unspecified atom stereocenters. The fourth-order valence-electron chi connectivity index (χ4n) is 2.60. The molecule has 0 atom stereocenters. The van der Waals surface area contributed by atoms with Crippen molar-refractivity contribution in [1.82, 2.24) is 14.6 Å². The molecule has 0 aliphatic heterocycles. The van der Waals surface area contributed by atoms with E-state index in [0.717, 1.165) is 14.7 Å². The average molecular weight is 439 g/mol. The molecule has 2 rings (SSSR count). The van der Waals surface area contributed by atoms with E-state index in [1.807, 2.05) is 33.8 Å². The zero-order valence-corrected chi connectivity index (χ0v) is 18.7. The fourth-order valence-corrected chi connectivity index (χ4v) is 2.88. The van der Waals surface area contributed by atoms with E-state index >= 15 is 0 Å². The normalized spacial score (nSPS) is 11.4. The van der Waals surface area contributed by atoms with Crippen molar-refractivity contribution in [3.05, 3.63) is 55.2 Å². The standard InChI is InChI=1S/C20H27ClN4O5/c1-12-7-8-14(13(21)11-12)22-16-15(18(27)25(6)19(28)24(16)5)17(26)23-30-10-9-29-20(2,3)4/h7-8,11,22H,9-10H2,1-6H3,(H,23,26). The first-order valence-electron chi connectivity index (χ1n) is 9.31. The maximum absolute atomic E-state index is 12.7. The number of amides is 1. The van der Waals surface area contributed by atoms with E-state index in [0.29, 0.717) is 10.7 Å². The van der Waals surface area contributed by atoms with Crippen molar-refractivity contribution in [3.63, 3.8) is 0 Å². The monoisotopic (exact) mass is 438 g/mol. The summed E-state index contributed by atoms with van der Waals surface area (Å²) >= 11 is 6.26. The van der Waals surface area contributed by atoms with Gasteiger partial charge in [-0.1, -0.05) is 17.7 Å². The van der Waals surface area contributed by atoms with Gasteiger partial charge >= 0.3 is 5.69 Å². The molecule has 0 radical (unpaired) electrons. The van der Waals surface area contributed by atoms with E-state index in [1.165, 1.54) is 14.1 Å². The molecular weight excluding hydrogens is 412 g/mol. The first kappa shape index (κ1) is 23.7. The highest BCUT2D eigenvalue weighted by atomic mass is 35.5. The lowest BCUT2D eigenvalue weighted by Gasteiger charge is -2.19. The van der Waals surface area contributed by atoms with Crippen LogP contribution in [-0.4, -0.2) is 33.9 Å². The third-order valence-corrected chi connectivity index (χ3v) is 4.47. The molecule has 9 nitrogen and oxygen atoms in total. The topological polar surface area (TPSA) is 104 Å². The van der Waals surface area contributed by atoms with Crippen LogP contribution in [-0.2, 0) is 23.7 Å². The summed E-state index contributed by atoms with van der Waals surface area (Å²) in [4.78, 5) is 42.9. The van der Waals surface area contributed by atoms with Crippen molar-refractivity contribution >= 4 is 29.0 Å². The van der Waals surface area contributed by atoms with Crippen molar-refractivity contribution in [2.45, 2.75) is 33.3 Å². The molecule has 0 saturated carbocycles. The van der Waals surface area contributed by atoms with Crippen LogP contribution in [0.2, 0.25) is 5.02 Å². The van der Waals surface area contributed by atoms with Crippen molar-refractivity contribution in [1.29, 1.82) is 0 Å². The average Bonchev–Trinajstić information content (AvgIpc) is 2.65. The molecule has 2 aromatic rings. The minimum atomic E-state index is -0.798. The predicted octanol–water partition coefficient (Wildman–Crippen LogP) is 2.27. The van der Waals surface area contributed by atoms with Crippen LogP contribution in [0.15, 0.2) is 27.8 Å². The number of halogens is 1. The SMILES string of the molecule is Cc1ccc(Nc2c(C(=O)NOCCOC(C)(C)C)c(=O)n(C)c(=O)n2C)c(Cl)c1. The van der Waals surface area contributed by atoms with Crippen LogP contribution in [0.5, 0.6) is 0 Å². The summed E-state index contributed by atoms with van der Waals surface area (Å²) in [5.74, 6) is -0.798. The maximum atomic E-state index is 12.7. The number of hydrogen-bond acceptors (Lipinski definition) is 6. The highest BCUT2D eigenvalue weighted by molar-refractivity contribution is 6.33. The summed E-state index contributed by atoms with van der Waals surface area (Å²) in [6.07, 6.45) is 0. The molecule has 0 fully saturated rings. The van der Waals surface area contributed by atoms with Crippen LogP contribution in [0, 0.1) is 6.92 Å². The summed E-state index contributed by atoms with van der Waals surface area (Å²) in [7, 11) is 2.74. The Labute approximate surface area is 179 Å². The Bertz CT molecular complexity index is 1050. The molecule has 0 aliphatic rings. The van der Waals surface area contributed by atoms with E-state index in [4.69, 9.17) is 21.2 Å². The number of benzene rings is 1. The maximum Gasteiger partial charge on any atom is 0.332 e. The Balaban J connectivity index is 2.32. The van der Waals surface area contributed by atoms with Gasteiger partial charge < -0.3 is 10.1 Å². The number of carbonyl (C=O) groups excluding carboxylic acids is 1. The molecule has 0 aliphatic carbocycles. The number of aryl methyl sites for hydroxylation is 1. The Hall–Kier alpha value is -2.62. The first-order valence-corrected chi connectivity index (χ1v) is 9.69. The minimum Gasteiger partial charge on any atom is -0.373 e. The fraction of sp³-hybridized carbons (Fsp3) is 0.450. The summed E-state index contributed by atoms with van der Waals surface area (Å²) in [6.45, 7) is 7.90. The van der Waals surface area contributed by atoms with Gasteiger partial charge in [0.25, 0.3) is 11.5 Å². The van der Waals surface area contributed by atoms with Crippen LogP contribution in [0.3, 0.4) is 0 Å². The van der Waals surface area contributed by atoms with Gasteiger partial charge in [-0.3, -0.25) is 23.6 Å². The number of ether oxygens (including phenoxy) is 1. The number of nitrogens with zero attached hydrogens (tertiary/aromatic N) is 2. The van der Waals surface area contributed by atoms with E-state index in [9.17, 15) is 14.4 Å². The Kier molecular flexibility index (Phi) is 7.46. The van der Waals surface area contributed by atoms with Gasteiger partial charge in [0.15, 0.2) is 0 Å². The molecule has 1 amide bonds. The minimum absolute atomic E-state index is 0.000828. The van der Waals surface area contributed by atoms with E-state index in [1.54, 1.807) is 12.1 Å². The summed E-state index contributed by atoms with van der Waals surface area (Å²) in [5, 5.41) is 3.30. The molecule has 0 spiro atoms. The Morgan fingerprint density at radius 3 is 2.40 bits per heavy atom. The Morgan fingerprint density at radius 1 is 1.13 bits per heavy atom. The summed E-state index contributed by atoms with van der Waals surface area (Å²) in [5.41, 5.74) is 1.62. The second-order valence-electron chi connectivity index (χ2n) is 7.78. The molecular formula is C20H27ClN4O5. The number of nitrogens with one attached hydrogen (secondary N) is 2. The molecule has 2 N–H and O–H groups in total. The highest BCUT2D eigenvalue weighted by Gasteiger charge is 2.23. The Morgan fingerprint density at radius 2 is 1.80 bits per heavy atom. The quantitative estimate of drug-likeness (QED) is 0.507. The molecule has 1 aromatic heterocycles. The first-order chi connectivity index (χ1) is 13.9. The molecule has 10 heteroatoms. The predicted molar refractivity (Wildman–Crippen MR) is 116 cm³/mol. The third kappa shape index (κ3) is 5.71. The van der Waals surface area contributed by atoms with Gasteiger partial charge in [0.2, 0.25) is 0 Å².